The third kappa shape index (κ3) is 6.42. The van der Waals surface area contributed by atoms with Crippen LogP contribution in [0.5, 0.6) is 0 Å². The molecule has 0 saturated carbocycles. The van der Waals surface area contributed by atoms with Gasteiger partial charge in [0.2, 0.25) is 0 Å². The standard InChI is InChI=1S/C20H26N2O2/c1-20(2,3)24-19(23)22-18(17-12-8-5-9-13-17)15-21-14-16-10-6-4-7-11-16/h4-13,18,21H,14-15H2,1-3H3,(H,22,23)/t18-/m0/s1. The largest absolute Gasteiger partial charge is 0.444 e. The lowest BCUT2D eigenvalue weighted by atomic mass is 10.1. The first-order chi connectivity index (χ1) is 11.4. The van der Waals surface area contributed by atoms with Crippen molar-refractivity contribution in [2.24, 2.45) is 0 Å². The SMILES string of the molecule is CC(C)(C)OC(=O)N[C@@H](CNCc1ccccc1)c1ccccc1. The molecule has 2 aromatic carbocycles. The summed E-state index contributed by atoms with van der Waals surface area (Å²) in [6.45, 7) is 6.95. The molecule has 2 N–H and O–H groups in total. The molecule has 0 fully saturated rings. The lowest BCUT2D eigenvalue weighted by Crippen LogP contribution is -2.39. The third-order valence-corrected chi connectivity index (χ3v) is 3.41. The number of hydrogen-bond donors (Lipinski definition) is 2. The Balaban J connectivity index is 1.97. The summed E-state index contributed by atoms with van der Waals surface area (Å²) >= 11 is 0. The molecule has 0 aliphatic heterocycles. The number of carbonyl (C=O) groups excluding carboxylic acids is 1. The van der Waals surface area contributed by atoms with Gasteiger partial charge in [0.05, 0.1) is 6.04 Å². The van der Waals surface area contributed by atoms with Gasteiger partial charge in [-0.3, -0.25) is 0 Å². The Morgan fingerprint density at radius 1 is 1.00 bits per heavy atom. The van der Waals surface area contributed by atoms with E-state index in [4.69, 9.17) is 4.74 Å². The van der Waals surface area contributed by atoms with Gasteiger partial charge >= 0.3 is 6.09 Å². The molecule has 0 radical (unpaired) electrons. The van der Waals surface area contributed by atoms with Gasteiger partial charge in [0.15, 0.2) is 0 Å². The first-order valence-electron chi connectivity index (χ1n) is 8.23. The monoisotopic (exact) mass is 326 g/mol. The zero-order valence-corrected chi connectivity index (χ0v) is 14.6. The van der Waals surface area contributed by atoms with Crippen LogP contribution in [0.3, 0.4) is 0 Å². The topological polar surface area (TPSA) is 50.4 Å². The Bertz CT molecular complexity index is 621. The highest BCUT2D eigenvalue weighted by molar-refractivity contribution is 5.68. The number of amides is 1. The average molecular weight is 326 g/mol. The van der Waals surface area contributed by atoms with Gasteiger partial charge in [0.1, 0.15) is 5.60 Å². The average Bonchev–Trinajstić information content (AvgIpc) is 2.54. The van der Waals surface area contributed by atoms with Crippen LogP contribution in [0.15, 0.2) is 60.7 Å². The van der Waals surface area contributed by atoms with Crippen molar-refractivity contribution in [2.75, 3.05) is 6.54 Å². The molecule has 0 heterocycles. The van der Waals surface area contributed by atoms with E-state index in [1.165, 1.54) is 5.56 Å². The van der Waals surface area contributed by atoms with Crippen molar-refractivity contribution >= 4 is 6.09 Å². The Morgan fingerprint density at radius 2 is 1.58 bits per heavy atom. The fourth-order valence-corrected chi connectivity index (χ4v) is 2.34. The number of ether oxygens (including phenoxy) is 1. The van der Waals surface area contributed by atoms with Gasteiger partial charge in [-0.25, -0.2) is 4.79 Å². The van der Waals surface area contributed by atoms with Crippen molar-refractivity contribution in [2.45, 2.75) is 39.0 Å². The molecule has 0 spiro atoms. The maximum absolute atomic E-state index is 12.1. The van der Waals surface area contributed by atoms with Crippen LogP contribution in [0.4, 0.5) is 4.79 Å². The Morgan fingerprint density at radius 3 is 2.17 bits per heavy atom. The first-order valence-corrected chi connectivity index (χ1v) is 8.23. The minimum Gasteiger partial charge on any atom is -0.444 e. The summed E-state index contributed by atoms with van der Waals surface area (Å²) in [5.74, 6) is 0. The number of rotatable bonds is 6. The van der Waals surface area contributed by atoms with Crippen molar-refractivity contribution in [1.82, 2.24) is 10.6 Å². The molecular formula is C20H26N2O2. The van der Waals surface area contributed by atoms with Crippen LogP contribution >= 0.6 is 0 Å². The normalized spacial score (nSPS) is 12.5. The zero-order chi connectivity index (χ0) is 17.4. The summed E-state index contributed by atoms with van der Waals surface area (Å²) < 4.78 is 5.38. The van der Waals surface area contributed by atoms with Gasteiger partial charge < -0.3 is 15.4 Å². The molecule has 24 heavy (non-hydrogen) atoms. The van der Waals surface area contributed by atoms with Crippen molar-refractivity contribution in [3.05, 3.63) is 71.8 Å². The van der Waals surface area contributed by atoms with Crippen LogP contribution in [-0.4, -0.2) is 18.2 Å². The van der Waals surface area contributed by atoms with E-state index in [-0.39, 0.29) is 6.04 Å². The lowest BCUT2D eigenvalue weighted by Gasteiger charge is -2.24. The maximum atomic E-state index is 12.1. The molecule has 0 unspecified atom stereocenters. The van der Waals surface area contributed by atoms with Gasteiger partial charge in [-0.2, -0.15) is 0 Å². The third-order valence-electron chi connectivity index (χ3n) is 3.41. The maximum Gasteiger partial charge on any atom is 0.408 e. The van der Waals surface area contributed by atoms with E-state index in [2.05, 4.69) is 22.8 Å². The molecule has 4 heteroatoms. The molecule has 0 aromatic heterocycles. The number of hydrogen-bond acceptors (Lipinski definition) is 3. The zero-order valence-electron chi connectivity index (χ0n) is 14.6. The molecular weight excluding hydrogens is 300 g/mol. The second-order valence-electron chi connectivity index (χ2n) is 6.73. The van der Waals surface area contributed by atoms with Crippen LogP contribution in [0, 0.1) is 0 Å². The smallest absolute Gasteiger partial charge is 0.408 e. The van der Waals surface area contributed by atoms with Gasteiger partial charge in [-0.15, -0.1) is 0 Å². The molecule has 0 bridgehead atoms. The van der Waals surface area contributed by atoms with Crippen molar-refractivity contribution in [3.8, 4) is 0 Å². The van der Waals surface area contributed by atoms with Crippen molar-refractivity contribution < 1.29 is 9.53 Å². The van der Waals surface area contributed by atoms with E-state index in [1.807, 2.05) is 69.3 Å². The Hall–Kier alpha value is -2.33. The lowest BCUT2D eigenvalue weighted by molar-refractivity contribution is 0.0503. The molecule has 128 valence electrons. The second-order valence-corrected chi connectivity index (χ2v) is 6.73. The quantitative estimate of drug-likeness (QED) is 0.842. The second kappa shape index (κ2) is 8.50. The number of benzene rings is 2. The van der Waals surface area contributed by atoms with Crippen LogP contribution in [0.2, 0.25) is 0 Å². The highest BCUT2D eigenvalue weighted by Gasteiger charge is 2.20. The number of carbonyl (C=O) groups is 1. The summed E-state index contributed by atoms with van der Waals surface area (Å²) in [5.41, 5.74) is 1.74. The van der Waals surface area contributed by atoms with Crippen LogP contribution in [-0.2, 0) is 11.3 Å². The Kier molecular flexibility index (Phi) is 6.38. The molecule has 0 aliphatic carbocycles. The summed E-state index contributed by atoms with van der Waals surface area (Å²) in [7, 11) is 0. The van der Waals surface area contributed by atoms with Gasteiger partial charge in [0.25, 0.3) is 0 Å². The van der Waals surface area contributed by atoms with Crippen LogP contribution in [0.25, 0.3) is 0 Å². The fraction of sp³-hybridized carbons (Fsp3) is 0.350. The fourth-order valence-electron chi connectivity index (χ4n) is 2.34. The van der Waals surface area contributed by atoms with Crippen LogP contribution in [0.1, 0.15) is 37.9 Å². The first kappa shape index (κ1) is 18.0. The van der Waals surface area contributed by atoms with Gasteiger partial charge in [-0.1, -0.05) is 60.7 Å². The Labute approximate surface area is 144 Å². The molecule has 2 rings (SSSR count). The molecule has 1 amide bonds. The molecule has 2 aromatic rings. The van der Waals surface area contributed by atoms with E-state index in [9.17, 15) is 4.79 Å². The van der Waals surface area contributed by atoms with E-state index < -0.39 is 11.7 Å². The highest BCUT2D eigenvalue weighted by Crippen LogP contribution is 2.14. The molecule has 1 atom stereocenters. The van der Waals surface area contributed by atoms with E-state index in [0.717, 1.165) is 12.1 Å². The van der Waals surface area contributed by atoms with E-state index >= 15 is 0 Å². The van der Waals surface area contributed by atoms with E-state index in [1.54, 1.807) is 0 Å². The van der Waals surface area contributed by atoms with Crippen LogP contribution < -0.4 is 10.6 Å². The van der Waals surface area contributed by atoms with Gasteiger partial charge in [0, 0.05) is 13.1 Å². The predicted molar refractivity (Wildman–Crippen MR) is 96.7 cm³/mol. The number of nitrogens with one attached hydrogen (secondary N) is 2. The number of alkyl carbamates (subject to hydrolysis) is 1. The predicted octanol–water partition coefficient (Wildman–Crippen LogP) is 4.04. The summed E-state index contributed by atoms with van der Waals surface area (Å²) in [6.07, 6.45) is -0.405. The molecule has 0 saturated heterocycles. The van der Waals surface area contributed by atoms with Gasteiger partial charge in [-0.05, 0) is 31.9 Å². The molecule has 0 aliphatic rings. The summed E-state index contributed by atoms with van der Waals surface area (Å²) in [4.78, 5) is 12.1. The molecule has 4 nitrogen and oxygen atoms in total. The summed E-state index contributed by atoms with van der Waals surface area (Å²) in [5, 5.41) is 6.35. The minimum absolute atomic E-state index is 0.148. The minimum atomic E-state index is -0.511. The van der Waals surface area contributed by atoms with Crippen molar-refractivity contribution in [3.63, 3.8) is 0 Å². The van der Waals surface area contributed by atoms with E-state index in [0.29, 0.717) is 6.54 Å². The highest BCUT2D eigenvalue weighted by atomic mass is 16.6. The van der Waals surface area contributed by atoms with Crippen molar-refractivity contribution in [1.29, 1.82) is 0 Å². The summed E-state index contributed by atoms with van der Waals surface area (Å²) in [6, 6.07) is 20.0.